The van der Waals surface area contributed by atoms with Gasteiger partial charge in [0.05, 0.1) is 19.1 Å². The van der Waals surface area contributed by atoms with Crippen LogP contribution in [0.25, 0.3) is 0 Å². The van der Waals surface area contributed by atoms with Gasteiger partial charge in [0, 0.05) is 10.7 Å². The molecule has 1 aromatic carbocycles. The number of rotatable bonds is 10. The third-order valence-corrected chi connectivity index (χ3v) is 8.10. The zero-order valence-corrected chi connectivity index (χ0v) is 23.9. The maximum atomic E-state index is 13.7. The van der Waals surface area contributed by atoms with Crippen LogP contribution in [0.4, 0.5) is 0 Å². The van der Waals surface area contributed by atoms with E-state index in [1.807, 2.05) is 32.9 Å². The molecule has 4 atom stereocenters. The van der Waals surface area contributed by atoms with E-state index in [1.54, 1.807) is 33.1 Å². The Morgan fingerprint density at radius 1 is 1.26 bits per heavy atom. The summed E-state index contributed by atoms with van der Waals surface area (Å²) in [7, 11) is 1.54. The van der Waals surface area contributed by atoms with E-state index < -0.39 is 39.7 Å². The number of β-lactam (4-membered cyclic amide) rings is 1. The maximum Gasteiger partial charge on any atom is 1.00 e. The van der Waals surface area contributed by atoms with E-state index in [-0.39, 0.29) is 41.4 Å². The molecule has 0 aromatic heterocycles. The summed E-state index contributed by atoms with van der Waals surface area (Å²) in [5.74, 6) is -1.32. The zero-order valence-electron chi connectivity index (χ0n) is 21.0. The number of nitrogens with zero attached hydrogens (tertiary/aromatic N) is 1. The minimum absolute atomic E-state index is 0. The van der Waals surface area contributed by atoms with Gasteiger partial charge in [-0.3, -0.25) is 9.59 Å². The molecule has 10 heteroatoms. The number of amides is 2. The Hall–Kier alpha value is -1.42. The number of methoxy groups -OCH3 is 1. The van der Waals surface area contributed by atoms with Crippen molar-refractivity contribution in [1.82, 2.24) is 10.2 Å². The van der Waals surface area contributed by atoms with E-state index in [1.165, 1.54) is 16.7 Å². The fourth-order valence-electron chi connectivity index (χ4n) is 4.61. The predicted molar refractivity (Wildman–Crippen MR) is 124 cm³/mol. The van der Waals surface area contributed by atoms with Gasteiger partial charge in [0.1, 0.15) is 11.4 Å². The molecule has 1 aromatic rings. The second-order valence-corrected chi connectivity index (χ2v) is 11.2. The number of carbonyl (C=O) groups is 3. The molecule has 0 saturated carbocycles. The molecule has 2 heterocycles. The molecule has 0 aliphatic carbocycles. The number of carboxylic acid groups (broad SMARTS) is 1. The summed E-state index contributed by atoms with van der Waals surface area (Å²) in [6, 6.07) is 5.31. The number of aliphatic carboxylic acids is 1. The quantitative estimate of drug-likeness (QED) is 0.323. The van der Waals surface area contributed by atoms with Gasteiger partial charge in [-0.05, 0) is 38.8 Å². The minimum atomic E-state index is -1.29. The third kappa shape index (κ3) is 5.08. The summed E-state index contributed by atoms with van der Waals surface area (Å²) in [6.45, 7) is 9.41. The van der Waals surface area contributed by atoms with Crippen LogP contribution in [-0.2, 0) is 14.4 Å². The van der Waals surface area contributed by atoms with Crippen molar-refractivity contribution in [3.63, 3.8) is 0 Å². The molecule has 0 spiro atoms. The van der Waals surface area contributed by atoms with Crippen molar-refractivity contribution < 1.29 is 58.5 Å². The van der Waals surface area contributed by atoms with Crippen LogP contribution in [0.1, 0.15) is 53.9 Å². The van der Waals surface area contributed by atoms with Crippen LogP contribution in [0, 0.1) is 5.92 Å². The Bertz CT molecular complexity index is 926. The van der Waals surface area contributed by atoms with Crippen LogP contribution >= 0.6 is 11.8 Å². The van der Waals surface area contributed by atoms with Crippen LogP contribution in [-0.4, -0.2) is 57.6 Å². The van der Waals surface area contributed by atoms with Gasteiger partial charge in [-0.15, -0.1) is 11.8 Å². The summed E-state index contributed by atoms with van der Waals surface area (Å²) in [4.78, 5) is 39.6. The molecule has 0 radical (unpaired) electrons. The SMILES string of the molecule is CCCCC(Oc1ccccc1OC)(C(=O)N[C@@H]1C(=O)N2[C@@H]1SC(C)(C)[C@@H]2C(=O)[O-])C(C)C.[Na+]. The maximum absolute atomic E-state index is 13.7. The molecule has 3 rings (SSSR count). The number of benzene rings is 1. The van der Waals surface area contributed by atoms with E-state index in [0.29, 0.717) is 17.9 Å². The Morgan fingerprint density at radius 3 is 2.41 bits per heavy atom. The first kappa shape index (κ1) is 28.8. The first-order chi connectivity index (χ1) is 15.5. The molecule has 1 unspecified atom stereocenters. The first-order valence-corrected chi connectivity index (χ1v) is 12.2. The Morgan fingerprint density at radius 2 is 1.88 bits per heavy atom. The van der Waals surface area contributed by atoms with Gasteiger partial charge < -0.3 is 29.6 Å². The number of carbonyl (C=O) groups excluding carboxylic acids is 3. The number of unbranched alkanes of at least 4 members (excludes halogenated alkanes) is 1. The molecular formula is C24H33N2NaO6S. The number of hydrogen-bond donors (Lipinski definition) is 1. The summed E-state index contributed by atoms with van der Waals surface area (Å²) in [6.07, 6.45) is 2.08. The van der Waals surface area contributed by atoms with Gasteiger partial charge in [-0.2, -0.15) is 0 Å². The molecule has 182 valence electrons. The fourth-order valence-corrected chi connectivity index (χ4v) is 6.23. The first-order valence-electron chi connectivity index (χ1n) is 11.3. The van der Waals surface area contributed by atoms with Gasteiger partial charge in [-0.25, -0.2) is 0 Å². The molecule has 2 saturated heterocycles. The number of fused-ring (bicyclic) bond motifs is 1. The van der Waals surface area contributed by atoms with Crippen LogP contribution < -0.4 is 49.5 Å². The van der Waals surface area contributed by atoms with E-state index in [9.17, 15) is 19.5 Å². The molecule has 2 aliphatic rings. The van der Waals surface area contributed by atoms with Crippen molar-refractivity contribution in [2.24, 2.45) is 5.92 Å². The summed E-state index contributed by atoms with van der Waals surface area (Å²) in [5, 5.41) is 14.1. The topological polar surface area (TPSA) is 108 Å². The molecule has 2 amide bonds. The molecule has 0 bridgehead atoms. The van der Waals surface area contributed by atoms with Crippen molar-refractivity contribution in [3.8, 4) is 11.5 Å². The number of ether oxygens (including phenoxy) is 2. The Kier molecular flexibility index (Phi) is 9.41. The normalized spacial score (nSPS) is 24.4. The van der Waals surface area contributed by atoms with Crippen molar-refractivity contribution in [2.75, 3.05) is 7.11 Å². The van der Waals surface area contributed by atoms with Crippen molar-refractivity contribution in [3.05, 3.63) is 24.3 Å². The van der Waals surface area contributed by atoms with E-state index in [0.717, 1.165) is 12.8 Å². The van der Waals surface area contributed by atoms with E-state index in [4.69, 9.17) is 9.47 Å². The third-order valence-electron chi connectivity index (χ3n) is 6.53. The number of carboxylic acids is 1. The fraction of sp³-hybridized carbons (Fsp3) is 0.625. The Balaban J connectivity index is 0.00000408. The minimum Gasteiger partial charge on any atom is -0.548 e. The number of nitrogens with one attached hydrogen (secondary N) is 1. The molecule has 2 aliphatic heterocycles. The van der Waals surface area contributed by atoms with Crippen molar-refractivity contribution in [1.29, 1.82) is 0 Å². The summed E-state index contributed by atoms with van der Waals surface area (Å²) in [5.41, 5.74) is -1.22. The monoisotopic (exact) mass is 500 g/mol. The van der Waals surface area contributed by atoms with Gasteiger partial charge in [-0.1, -0.05) is 39.3 Å². The van der Waals surface area contributed by atoms with Crippen LogP contribution in [0.2, 0.25) is 0 Å². The van der Waals surface area contributed by atoms with Crippen LogP contribution in [0.3, 0.4) is 0 Å². The predicted octanol–water partition coefficient (Wildman–Crippen LogP) is -1.04. The average molecular weight is 501 g/mol. The molecule has 34 heavy (non-hydrogen) atoms. The average Bonchev–Trinajstić information content (AvgIpc) is 3.02. The number of hydrogen-bond acceptors (Lipinski definition) is 7. The second-order valence-electron chi connectivity index (χ2n) is 9.43. The standard InChI is InChI=1S/C24H34N2O6S.Na/c1-7-8-13-24(14(2)3,32-16-12-10-9-11-15(16)31-6)22(30)25-17-19(27)26-18(21(28)29)23(4,5)33-20(17)26;/h9-12,14,17-18,20H,7-8,13H2,1-6H3,(H,25,30)(H,28,29);/q;+1/p-1/t17-,18+,20-,24?;/m1./s1. The van der Waals surface area contributed by atoms with Crippen molar-refractivity contribution in [2.45, 2.75) is 81.7 Å². The Labute approximate surface area is 227 Å². The molecule has 2 fully saturated rings. The largest absolute Gasteiger partial charge is 1.00 e. The zero-order chi connectivity index (χ0) is 24.6. The molecular weight excluding hydrogens is 467 g/mol. The summed E-state index contributed by atoms with van der Waals surface area (Å²) >= 11 is 1.36. The van der Waals surface area contributed by atoms with Crippen LogP contribution in [0.5, 0.6) is 11.5 Å². The van der Waals surface area contributed by atoms with Gasteiger partial charge >= 0.3 is 29.6 Å². The van der Waals surface area contributed by atoms with E-state index >= 15 is 0 Å². The van der Waals surface area contributed by atoms with E-state index in [2.05, 4.69) is 5.32 Å². The van der Waals surface area contributed by atoms with Crippen molar-refractivity contribution >= 4 is 29.5 Å². The van der Waals surface area contributed by atoms with Crippen LogP contribution in [0.15, 0.2) is 24.3 Å². The van der Waals surface area contributed by atoms with Gasteiger partial charge in [0.25, 0.3) is 5.91 Å². The van der Waals surface area contributed by atoms with Gasteiger partial charge in [0.15, 0.2) is 17.1 Å². The second kappa shape index (κ2) is 11.1. The molecule has 1 N–H and O–H groups in total. The molecule has 8 nitrogen and oxygen atoms in total. The number of para-hydroxylation sites is 2. The summed E-state index contributed by atoms with van der Waals surface area (Å²) < 4.78 is 11.1. The van der Waals surface area contributed by atoms with Gasteiger partial charge in [0.2, 0.25) is 5.91 Å². The number of thioether (sulfide) groups is 1. The smallest absolute Gasteiger partial charge is 0.548 e.